The van der Waals surface area contributed by atoms with Crippen molar-refractivity contribution in [1.82, 2.24) is 15.3 Å². The molecule has 2 aromatic heterocycles. The highest BCUT2D eigenvalue weighted by Crippen LogP contribution is 2.24. The Morgan fingerprint density at radius 1 is 1.22 bits per heavy atom. The van der Waals surface area contributed by atoms with E-state index >= 15 is 0 Å². The Kier molecular flexibility index (Phi) is 4.25. The monoisotopic (exact) mass is 243 g/mol. The van der Waals surface area contributed by atoms with Crippen LogP contribution in [0.1, 0.15) is 17.2 Å². The van der Waals surface area contributed by atoms with Gasteiger partial charge in [-0.1, -0.05) is 6.07 Å². The van der Waals surface area contributed by atoms with Gasteiger partial charge >= 0.3 is 0 Å². The van der Waals surface area contributed by atoms with Gasteiger partial charge in [0.1, 0.15) is 0 Å². The molecule has 0 bridgehead atoms. The van der Waals surface area contributed by atoms with E-state index in [1.54, 1.807) is 13.3 Å². The number of hydrogen-bond donors (Lipinski definition) is 1. The fraction of sp³-hybridized carbons (Fsp3) is 0.286. The first kappa shape index (κ1) is 12.5. The van der Waals surface area contributed by atoms with Crippen LogP contribution >= 0.6 is 0 Å². The second-order valence-electron chi connectivity index (χ2n) is 4.00. The zero-order valence-electron chi connectivity index (χ0n) is 10.6. The van der Waals surface area contributed by atoms with Gasteiger partial charge in [0.15, 0.2) is 0 Å². The van der Waals surface area contributed by atoms with Crippen molar-refractivity contribution in [2.75, 3.05) is 14.2 Å². The van der Waals surface area contributed by atoms with Crippen molar-refractivity contribution < 1.29 is 4.74 Å². The number of ether oxygens (including phenoxy) is 1. The van der Waals surface area contributed by atoms with Crippen molar-refractivity contribution in [2.24, 2.45) is 0 Å². The summed E-state index contributed by atoms with van der Waals surface area (Å²) in [5.41, 5.74) is 2.30. The van der Waals surface area contributed by atoms with Gasteiger partial charge in [-0.25, -0.2) is 4.98 Å². The van der Waals surface area contributed by atoms with E-state index in [1.807, 2.05) is 43.7 Å². The molecule has 0 saturated heterocycles. The van der Waals surface area contributed by atoms with Gasteiger partial charge in [0.2, 0.25) is 5.88 Å². The van der Waals surface area contributed by atoms with Crippen LogP contribution in [0.5, 0.6) is 5.88 Å². The second kappa shape index (κ2) is 6.12. The van der Waals surface area contributed by atoms with Crippen LogP contribution in [-0.2, 0) is 6.42 Å². The first-order valence-corrected chi connectivity index (χ1v) is 5.90. The summed E-state index contributed by atoms with van der Waals surface area (Å²) < 4.78 is 5.30. The van der Waals surface area contributed by atoms with E-state index in [1.165, 1.54) is 5.56 Å². The average molecular weight is 243 g/mol. The second-order valence-corrected chi connectivity index (χ2v) is 4.00. The van der Waals surface area contributed by atoms with E-state index in [0.29, 0.717) is 5.88 Å². The minimum absolute atomic E-state index is 0.177. The third-order valence-corrected chi connectivity index (χ3v) is 2.91. The molecule has 1 unspecified atom stereocenters. The Labute approximate surface area is 107 Å². The van der Waals surface area contributed by atoms with Crippen LogP contribution in [0.25, 0.3) is 0 Å². The van der Waals surface area contributed by atoms with Crippen molar-refractivity contribution in [3.8, 4) is 5.88 Å². The van der Waals surface area contributed by atoms with Gasteiger partial charge in [-0.05, 0) is 37.2 Å². The number of aromatic nitrogens is 2. The maximum Gasteiger partial charge on any atom is 0.217 e. The SMILES string of the molecule is CNC(Cc1ccncc1)c1cccnc1OC. The summed E-state index contributed by atoms with van der Waals surface area (Å²) in [6.07, 6.45) is 6.23. The quantitative estimate of drug-likeness (QED) is 0.872. The topological polar surface area (TPSA) is 47.0 Å². The van der Waals surface area contributed by atoms with E-state index in [4.69, 9.17) is 4.74 Å². The maximum atomic E-state index is 5.30. The van der Waals surface area contributed by atoms with E-state index < -0.39 is 0 Å². The lowest BCUT2D eigenvalue weighted by Crippen LogP contribution is -2.19. The fourth-order valence-electron chi connectivity index (χ4n) is 1.96. The molecular formula is C14H17N3O. The van der Waals surface area contributed by atoms with Gasteiger partial charge in [0, 0.05) is 30.2 Å². The molecule has 2 heterocycles. The van der Waals surface area contributed by atoms with Crippen molar-refractivity contribution in [3.05, 3.63) is 54.0 Å². The molecule has 1 atom stereocenters. The van der Waals surface area contributed by atoms with Crippen LogP contribution in [0.15, 0.2) is 42.9 Å². The summed E-state index contributed by atoms with van der Waals surface area (Å²) >= 11 is 0. The van der Waals surface area contributed by atoms with Gasteiger partial charge in [0.05, 0.1) is 7.11 Å². The normalized spacial score (nSPS) is 12.1. The Morgan fingerprint density at radius 2 is 2.00 bits per heavy atom. The first-order valence-electron chi connectivity index (χ1n) is 5.90. The molecule has 0 aliphatic carbocycles. The number of methoxy groups -OCH3 is 1. The molecule has 2 rings (SSSR count). The van der Waals surface area contributed by atoms with Gasteiger partial charge in [-0.3, -0.25) is 4.98 Å². The van der Waals surface area contributed by atoms with Gasteiger partial charge in [-0.2, -0.15) is 0 Å². The molecule has 0 fully saturated rings. The molecule has 0 amide bonds. The summed E-state index contributed by atoms with van der Waals surface area (Å²) in [6, 6.07) is 8.18. The van der Waals surface area contributed by atoms with Crippen LogP contribution in [0.4, 0.5) is 0 Å². The largest absolute Gasteiger partial charge is 0.481 e. The summed E-state index contributed by atoms with van der Waals surface area (Å²) in [6.45, 7) is 0. The highest BCUT2D eigenvalue weighted by atomic mass is 16.5. The lowest BCUT2D eigenvalue weighted by molar-refractivity contribution is 0.384. The zero-order valence-corrected chi connectivity index (χ0v) is 10.6. The van der Waals surface area contributed by atoms with Gasteiger partial charge < -0.3 is 10.1 Å². The van der Waals surface area contributed by atoms with Crippen LogP contribution < -0.4 is 10.1 Å². The number of likely N-dealkylation sites (N-methyl/N-ethyl adjacent to an activating group) is 1. The molecular weight excluding hydrogens is 226 g/mol. The predicted octanol–water partition coefficient (Wildman–Crippen LogP) is 1.99. The lowest BCUT2D eigenvalue weighted by Gasteiger charge is -2.18. The molecule has 0 aliphatic rings. The Balaban J connectivity index is 2.23. The van der Waals surface area contributed by atoms with Crippen LogP contribution in [0, 0.1) is 0 Å². The van der Waals surface area contributed by atoms with E-state index in [-0.39, 0.29) is 6.04 Å². The molecule has 0 radical (unpaired) electrons. The Hall–Kier alpha value is -1.94. The number of rotatable bonds is 5. The minimum Gasteiger partial charge on any atom is -0.481 e. The highest BCUT2D eigenvalue weighted by Gasteiger charge is 2.15. The molecule has 4 nitrogen and oxygen atoms in total. The zero-order chi connectivity index (χ0) is 12.8. The summed E-state index contributed by atoms with van der Waals surface area (Å²) in [5.74, 6) is 0.672. The van der Waals surface area contributed by atoms with E-state index in [0.717, 1.165) is 12.0 Å². The molecule has 94 valence electrons. The van der Waals surface area contributed by atoms with Crippen molar-refractivity contribution >= 4 is 0 Å². The Morgan fingerprint density at radius 3 is 2.67 bits per heavy atom. The molecule has 0 aliphatic heterocycles. The highest BCUT2D eigenvalue weighted by molar-refractivity contribution is 5.30. The van der Waals surface area contributed by atoms with E-state index in [9.17, 15) is 0 Å². The van der Waals surface area contributed by atoms with Crippen LogP contribution in [0.3, 0.4) is 0 Å². The van der Waals surface area contributed by atoms with Crippen molar-refractivity contribution in [3.63, 3.8) is 0 Å². The van der Waals surface area contributed by atoms with Crippen LogP contribution in [0.2, 0.25) is 0 Å². The average Bonchev–Trinajstić information content (AvgIpc) is 2.46. The third-order valence-electron chi connectivity index (χ3n) is 2.91. The molecule has 2 aromatic rings. The summed E-state index contributed by atoms with van der Waals surface area (Å²) in [5, 5.41) is 3.30. The third kappa shape index (κ3) is 2.84. The fourth-order valence-corrected chi connectivity index (χ4v) is 1.96. The van der Waals surface area contributed by atoms with Crippen molar-refractivity contribution in [2.45, 2.75) is 12.5 Å². The lowest BCUT2D eigenvalue weighted by atomic mass is 10.0. The smallest absolute Gasteiger partial charge is 0.217 e. The maximum absolute atomic E-state index is 5.30. The number of hydrogen-bond acceptors (Lipinski definition) is 4. The van der Waals surface area contributed by atoms with Gasteiger partial charge in [0.25, 0.3) is 0 Å². The van der Waals surface area contributed by atoms with E-state index in [2.05, 4.69) is 15.3 Å². The molecule has 18 heavy (non-hydrogen) atoms. The molecule has 4 heteroatoms. The molecule has 1 N–H and O–H groups in total. The predicted molar refractivity (Wildman–Crippen MR) is 70.5 cm³/mol. The summed E-state index contributed by atoms with van der Waals surface area (Å²) in [7, 11) is 3.59. The number of nitrogens with zero attached hydrogens (tertiary/aromatic N) is 2. The molecule has 0 saturated carbocycles. The standard InChI is InChI=1S/C14H17N3O/c1-15-13(10-11-5-8-16-9-6-11)12-4-3-7-17-14(12)18-2/h3-9,13,15H,10H2,1-2H3. The number of pyridine rings is 2. The first-order chi connectivity index (χ1) is 8.85. The number of nitrogens with one attached hydrogen (secondary N) is 1. The molecule has 0 aromatic carbocycles. The van der Waals surface area contributed by atoms with Crippen LogP contribution in [-0.4, -0.2) is 24.1 Å². The summed E-state index contributed by atoms with van der Waals surface area (Å²) in [4.78, 5) is 8.26. The van der Waals surface area contributed by atoms with Gasteiger partial charge in [-0.15, -0.1) is 0 Å². The Bertz CT molecular complexity index is 487. The minimum atomic E-state index is 0.177. The van der Waals surface area contributed by atoms with Crippen molar-refractivity contribution in [1.29, 1.82) is 0 Å². The molecule has 0 spiro atoms.